The van der Waals surface area contributed by atoms with Crippen LogP contribution in [0.4, 0.5) is 37.6 Å². The zero-order valence-corrected chi connectivity index (χ0v) is 15.9. The maximum Gasteiger partial charge on any atom is 0.248 e. The van der Waals surface area contributed by atoms with E-state index in [1.54, 1.807) is 24.1 Å². The van der Waals surface area contributed by atoms with E-state index >= 15 is 0 Å². The van der Waals surface area contributed by atoms with Gasteiger partial charge in [0.25, 0.3) is 0 Å². The molecule has 0 unspecified atom stereocenters. The van der Waals surface area contributed by atoms with Crippen molar-refractivity contribution in [3.8, 4) is 0 Å². The third-order valence-electron chi connectivity index (χ3n) is 3.55. The molecular weight excluding hydrogens is 404 g/mol. The largest absolute Gasteiger partial charge is 0.336 e. The Labute approximate surface area is 169 Å². The molecule has 0 fully saturated rings. The fraction of sp³-hybridized carbons (Fsp3) is 0.111. The Bertz CT molecular complexity index is 1050. The standard InChI is InChI=1S/C18H16ClF2N7O/c1-28-10-12(8-23-28)25-18-22-9-13(19)17(27-18)26-15-7-11(4-5-14(15)21)24-16(29)3-2-6-20/h2-5,7-10H,6H2,1H3,(H,24,29)(H2,22,25,26,27)/b3-2+. The van der Waals surface area contributed by atoms with Crippen molar-refractivity contribution < 1.29 is 13.6 Å². The second-order valence-electron chi connectivity index (χ2n) is 5.78. The first kappa shape index (κ1) is 20.2. The number of anilines is 5. The van der Waals surface area contributed by atoms with Crippen molar-refractivity contribution in [3.63, 3.8) is 0 Å². The summed E-state index contributed by atoms with van der Waals surface area (Å²) < 4.78 is 27.9. The summed E-state index contributed by atoms with van der Waals surface area (Å²) in [6.45, 7) is -0.759. The van der Waals surface area contributed by atoms with Crippen LogP contribution in [0.25, 0.3) is 0 Å². The van der Waals surface area contributed by atoms with Gasteiger partial charge in [0, 0.05) is 25.0 Å². The minimum atomic E-state index is -0.759. The maximum atomic E-state index is 14.2. The highest BCUT2D eigenvalue weighted by Crippen LogP contribution is 2.28. The summed E-state index contributed by atoms with van der Waals surface area (Å²) in [6, 6.07) is 3.91. The molecule has 0 aliphatic carbocycles. The van der Waals surface area contributed by atoms with Crippen LogP contribution in [-0.4, -0.2) is 32.3 Å². The van der Waals surface area contributed by atoms with Gasteiger partial charge < -0.3 is 16.0 Å². The van der Waals surface area contributed by atoms with E-state index in [0.717, 1.165) is 12.2 Å². The lowest BCUT2D eigenvalue weighted by molar-refractivity contribution is -0.111. The van der Waals surface area contributed by atoms with Crippen molar-refractivity contribution in [1.29, 1.82) is 0 Å². The minimum Gasteiger partial charge on any atom is -0.336 e. The molecule has 1 amide bonds. The molecule has 0 aliphatic rings. The summed E-state index contributed by atoms with van der Waals surface area (Å²) in [4.78, 5) is 20.0. The Morgan fingerprint density at radius 1 is 1.28 bits per heavy atom. The molecule has 150 valence electrons. The Kier molecular flexibility index (Phi) is 6.35. The Morgan fingerprint density at radius 2 is 2.10 bits per heavy atom. The molecule has 29 heavy (non-hydrogen) atoms. The van der Waals surface area contributed by atoms with Gasteiger partial charge in [0.15, 0.2) is 5.82 Å². The normalized spacial score (nSPS) is 10.9. The fourth-order valence-electron chi connectivity index (χ4n) is 2.29. The van der Waals surface area contributed by atoms with Crippen molar-refractivity contribution in [2.75, 3.05) is 22.6 Å². The topological polar surface area (TPSA) is 96.8 Å². The third-order valence-corrected chi connectivity index (χ3v) is 3.83. The first-order valence-electron chi connectivity index (χ1n) is 8.33. The number of carbonyl (C=O) groups is 1. The SMILES string of the molecule is Cn1cc(Nc2ncc(Cl)c(Nc3cc(NC(=O)/C=C/CF)ccc3F)n2)cn1. The van der Waals surface area contributed by atoms with Crippen molar-refractivity contribution >= 4 is 46.3 Å². The van der Waals surface area contributed by atoms with Crippen LogP contribution >= 0.6 is 11.6 Å². The number of alkyl halides is 1. The molecule has 2 aromatic heterocycles. The van der Waals surface area contributed by atoms with Gasteiger partial charge in [0.05, 0.1) is 23.8 Å². The van der Waals surface area contributed by atoms with Crippen molar-refractivity contribution in [3.05, 3.63) is 59.8 Å². The molecule has 11 heteroatoms. The first-order chi connectivity index (χ1) is 13.9. The van der Waals surface area contributed by atoms with Gasteiger partial charge in [0.2, 0.25) is 11.9 Å². The zero-order valence-electron chi connectivity index (χ0n) is 15.2. The van der Waals surface area contributed by atoms with Gasteiger partial charge in [-0.25, -0.2) is 13.8 Å². The van der Waals surface area contributed by atoms with Gasteiger partial charge in [-0.2, -0.15) is 10.1 Å². The van der Waals surface area contributed by atoms with Gasteiger partial charge in [0.1, 0.15) is 17.5 Å². The number of benzene rings is 1. The molecule has 0 saturated heterocycles. The lowest BCUT2D eigenvalue weighted by atomic mass is 10.2. The number of hydrogen-bond donors (Lipinski definition) is 3. The number of amides is 1. The number of aromatic nitrogens is 4. The van der Waals surface area contributed by atoms with Crippen molar-refractivity contribution in [2.45, 2.75) is 0 Å². The number of aryl methyl sites for hydroxylation is 1. The highest BCUT2D eigenvalue weighted by atomic mass is 35.5. The second kappa shape index (κ2) is 9.11. The fourth-order valence-corrected chi connectivity index (χ4v) is 2.43. The second-order valence-corrected chi connectivity index (χ2v) is 6.19. The Hall–Kier alpha value is -3.53. The lowest BCUT2D eigenvalue weighted by Crippen LogP contribution is -2.09. The number of allylic oxidation sites excluding steroid dienone is 1. The van der Waals surface area contributed by atoms with Gasteiger partial charge in [-0.3, -0.25) is 9.48 Å². The van der Waals surface area contributed by atoms with E-state index in [4.69, 9.17) is 11.6 Å². The minimum absolute atomic E-state index is 0.0326. The number of nitrogens with one attached hydrogen (secondary N) is 3. The van der Waals surface area contributed by atoms with Crippen LogP contribution in [0.2, 0.25) is 5.02 Å². The molecule has 0 bridgehead atoms. The smallest absolute Gasteiger partial charge is 0.248 e. The van der Waals surface area contributed by atoms with E-state index in [1.807, 2.05) is 0 Å². The number of carbonyl (C=O) groups excluding carboxylic acids is 1. The van der Waals surface area contributed by atoms with Crippen molar-refractivity contribution in [1.82, 2.24) is 19.7 Å². The number of halogens is 3. The average Bonchev–Trinajstić information content (AvgIpc) is 3.10. The van der Waals surface area contributed by atoms with Crippen LogP contribution in [-0.2, 0) is 11.8 Å². The highest BCUT2D eigenvalue weighted by molar-refractivity contribution is 6.32. The molecule has 0 saturated carbocycles. The van der Waals surface area contributed by atoms with E-state index in [0.29, 0.717) is 11.4 Å². The van der Waals surface area contributed by atoms with Crippen LogP contribution in [0.1, 0.15) is 0 Å². The number of rotatable bonds is 7. The molecule has 3 aromatic rings. The summed E-state index contributed by atoms with van der Waals surface area (Å²) in [5.41, 5.74) is 1.00. The third kappa shape index (κ3) is 5.48. The highest BCUT2D eigenvalue weighted by Gasteiger charge is 2.11. The number of hydrogen-bond acceptors (Lipinski definition) is 6. The Balaban J connectivity index is 1.79. The van der Waals surface area contributed by atoms with E-state index < -0.39 is 18.4 Å². The predicted octanol–water partition coefficient (Wildman–Crippen LogP) is 3.95. The molecule has 8 nitrogen and oxygen atoms in total. The molecule has 3 rings (SSSR count). The number of nitrogens with zero attached hydrogens (tertiary/aromatic N) is 4. The van der Waals surface area contributed by atoms with E-state index in [-0.39, 0.29) is 22.5 Å². The summed E-state index contributed by atoms with van der Waals surface area (Å²) in [6.07, 6.45) is 6.80. The van der Waals surface area contributed by atoms with Gasteiger partial charge in [-0.1, -0.05) is 11.6 Å². The van der Waals surface area contributed by atoms with Crippen LogP contribution in [0.3, 0.4) is 0 Å². The van der Waals surface area contributed by atoms with E-state index in [2.05, 4.69) is 31.0 Å². The monoisotopic (exact) mass is 419 g/mol. The van der Waals surface area contributed by atoms with E-state index in [9.17, 15) is 13.6 Å². The summed E-state index contributed by atoms with van der Waals surface area (Å²) in [5, 5.41) is 12.4. The zero-order chi connectivity index (χ0) is 20.8. The molecule has 0 aliphatic heterocycles. The van der Waals surface area contributed by atoms with Gasteiger partial charge in [-0.15, -0.1) is 0 Å². The molecule has 1 aromatic carbocycles. The maximum absolute atomic E-state index is 14.2. The van der Waals surface area contributed by atoms with Crippen LogP contribution < -0.4 is 16.0 Å². The van der Waals surface area contributed by atoms with Gasteiger partial charge in [-0.05, 0) is 24.3 Å². The first-order valence-corrected chi connectivity index (χ1v) is 8.70. The molecule has 3 N–H and O–H groups in total. The predicted molar refractivity (Wildman–Crippen MR) is 107 cm³/mol. The summed E-state index contributed by atoms with van der Waals surface area (Å²) >= 11 is 6.12. The molecular formula is C18H16ClF2N7O. The molecule has 2 heterocycles. The molecule has 0 radical (unpaired) electrons. The molecule has 0 atom stereocenters. The Morgan fingerprint density at radius 3 is 2.83 bits per heavy atom. The summed E-state index contributed by atoms with van der Waals surface area (Å²) in [7, 11) is 1.77. The lowest BCUT2D eigenvalue weighted by Gasteiger charge is -2.12. The van der Waals surface area contributed by atoms with E-state index in [1.165, 1.54) is 24.4 Å². The van der Waals surface area contributed by atoms with Crippen LogP contribution in [0.5, 0.6) is 0 Å². The van der Waals surface area contributed by atoms with Crippen LogP contribution in [0.15, 0.2) is 48.9 Å². The van der Waals surface area contributed by atoms with Crippen LogP contribution in [0, 0.1) is 5.82 Å². The van der Waals surface area contributed by atoms with Gasteiger partial charge >= 0.3 is 0 Å². The average molecular weight is 420 g/mol. The molecule has 0 spiro atoms. The van der Waals surface area contributed by atoms with Crippen molar-refractivity contribution in [2.24, 2.45) is 7.05 Å². The summed E-state index contributed by atoms with van der Waals surface area (Å²) in [5.74, 6) is -0.735. The quantitative estimate of drug-likeness (QED) is 0.502.